The van der Waals surface area contributed by atoms with Crippen LogP contribution in [0.3, 0.4) is 0 Å². The maximum Gasteiger partial charge on any atom is 0.0645 e. The van der Waals surface area contributed by atoms with E-state index >= 15 is 0 Å². The highest BCUT2D eigenvalue weighted by molar-refractivity contribution is 5.33. The summed E-state index contributed by atoms with van der Waals surface area (Å²) in [6.07, 6.45) is 3.53. The molecule has 1 aromatic carbocycles. The molecule has 2 aliphatic heterocycles. The minimum absolute atomic E-state index is 0.145. The monoisotopic (exact) mass is 260 g/mol. The third-order valence-electron chi connectivity index (χ3n) is 4.31. The number of ether oxygens (including phenoxy) is 1. The Morgan fingerprint density at radius 2 is 2.32 bits per heavy atom. The fraction of sp³-hybridized carbons (Fsp3) is 0.625. The molecule has 19 heavy (non-hydrogen) atoms. The third kappa shape index (κ3) is 3.16. The first-order chi connectivity index (χ1) is 9.25. The molecule has 3 heteroatoms. The van der Waals surface area contributed by atoms with Crippen LogP contribution < -0.4 is 10.6 Å². The molecule has 2 aliphatic rings. The minimum atomic E-state index is 0.145. The Hall–Kier alpha value is -0.900. The second kappa shape index (κ2) is 5.61. The SMILES string of the molecule is CC1(NCc2ccc3c(c2)CNCC3)CCCOC1. The van der Waals surface area contributed by atoms with E-state index < -0.39 is 0 Å². The average molecular weight is 260 g/mol. The summed E-state index contributed by atoms with van der Waals surface area (Å²) in [6.45, 7) is 7.09. The van der Waals surface area contributed by atoms with Crippen LogP contribution in [0.2, 0.25) is 0 Å². The van der Waals surface area contributed by atoms with Crippen LogP contribution in [-0.4, -0.2) is 25.3 Å². The largest absolute Gasteiger partial charge is 0.380 e. The summed E-state index contributed by atoms with van der Waals surface area (Å²) in [5.74, 6) is 0. The molecule has 0 saturated carbocycles. The average Bonchev–Trinajstić information content (AvgIpc) is 2.46. The number of hydrogen-bond donors (Lipinski definition) is 2. The van der Waals surface area contributed by atoms with Gasteiger partial charge in [0, 0.05) is 25.2 Å². The number of nitrogens with one attached hydrogen (secondary N) is 2. The Morgan fingerprint density at radius 3 is 3.16 bits per heavy atom. The van der Waals surface area contributed by atoms with Gasteiger partial charge in [0.1, 0.15) is 0 Å². The van der Waals surface area contributed by atoms with Crippen molar-refractivity contribution in [2.75, 3.05) is 19.8 Å². The summed E-state index contributed by atoms with van der Waals surface area (Å²) in [4.78, 5) is 0. The lowest BCUT2D eigenvalue weighted by atomic mass is 9.94. The summed E-state index contributed by atoms with van der Waals surface area (Å²) < 4.78 is 5.59. The summed E-state index contributed by atoms with van der Waals surface area (Å²) in [7, 11) is 0. The second-order valence-electron chi connectivity index (χ2n) is 6.10. The van der Waals surface area contributed by atoms with Crippen LogP contribution >= 0.6 is 0 Å². The zero-order chi connectivity index (χ0) is 13.1. The van der Waals surface area contributed by atoms with Gasteiger partial charge in [-0.2, -0.15) is 0 Å². The van der Waals surface area contributed by atoms with E-state index in [2.05, 4.69) is 35.8 Å². The Balaban J connectivity index is 1.63. The van der Waals surface area contributed by atoms with E-state index in [1.165, 1.54) is 23.1 Å². The molecule has 1 atom stereocenters. The van der Waals surface area contributed by atoms with Crippen molar-refractivity contribution in [3.63, 3.8) is 0 Å². The molecule has 0 aromatic heterocycles. The maximum absolute atomic E-state index is 5.59. The molecule has 0 bridgehead atoms. The van der Waals surface area contributed by atoms with Crippen LogP contribution in [-0.2, 0) is 24.2 Å². The van der Waals surface area contributed by atoms with Gasteiger partial charge in [-0.25, -0.2) is 0 Å². The topological polar surface area (TPSA) is 33.3 Å². The van der Waals surface area contributed by atoms with Gasteiger partial charge in [-0.3, -0.25) is 0 Å². The normalized spacial score (nSPS) is 27.0. The van der Waals surface area contributed by atoms with Gasteiger partial charge in [0.25, 0.3) is 0 Å². The molecule has 0 aliphatic carbocycles. The fourth-order valence-electron chi connectivity index (χ4n) is 3.03. The Bertz CT molecular complexity index is 438. The molecule has 0 radical (unpaired) electrons. The molecule has 1 saturated heterocycles. The quantitative estimate of drug-likeness (QED) is 0.872. The molecule has 1 unspecified atom stereocenters. The van der Waals surface area contributed by atoms with Crippen molar-refractivity contribution in [1.29, 1.82) is 0 Å². The smallest absolute Gasteiger partial charge is 0.0645 e. The molecule has 3 nitrogen and oxygen atoms in total. The predicted octanol–water partition coefficient (Wildman–Crippen LogP) is 1.99. The van der Waals surface area contributed by atoms with E-state index in [1.807, 2.05) is 0 Å². The first kappa shape index (κ1) is 13.1. The standard InChI is InChI=1S/C16H24N2O/c1-16(6-2-8-19-12-16)18-10-13-3-4-14-5-7-17-11-15(14)9-13/h3-4,9,17-18H,2,5-8,10-12H2,1H3. The van der Waals surface area contributed by atoms with Gasteiger partial charge in [0.2, 0.25) is 0 Å². The van der Waals surface area contributed by atoms with Crippen molar-refractivity contribution in [1.82, 2.24) is 10.6 Å². The molecule has 104 valence electrons. The summed E-state index contributed by atoms with van der Waals surface area (Å²) in [5.41, 5.74) is 4.51. The molecule has 1 fully saturated rings. The highest BCUT2D eigenvalue weighted by atomic mass is 16.5. The van der Waals surface area contributed by atoms with Crippen LogP contribution in [0.5, 0.6) is 0 Å². The Labute approximate surface area is 115 Å². The van der Waals surface area contributed by atoms with Crippen molar-refractivity contribution < 1.29 is 4.74 Å². The molecular formula is C16H24N2O. The summed E-state index contributed by atoms with van der Waals surface area (Å²) >= 11 is 0. The van der Waals surface area contributed by atoms with Crippen molar-refractivity contribution in [2.24, 2.45) is 0 Å². The Kier molecular flexibility index (Phi) is 3.87. The van der Waals surface area contributed by atoms with E-state index in [-0.39, 0.29) is 5.54 Å². The van der Waals surface area contributed by atoms with Crippen LogP contribution in [0.25, 0.3) is 0 Å². The first-order valence-corrected chi connectivity index (χ1v) is 7.39. The van der Waals surface area contributed by atoms with Crippen LogP contribution in [0.1, 0.15) is 36.5 Å². The molecular weight excluding hydrogens is 236 g/mol. The minimum Gasteiger partial charge on any atom is -0.380 e. The van der Waals surface area contributed by atoms with Gasteiger partial charge in [0.05, 0.1) is 6.61 Å². The molecule has 0 spiro atoms. The molecule has 2 heterocycles. The van der Waals surface area contributed by atoms with Gasteiger partial charge in [-0.1, -0.05) is 18.2 Å². The number of fused-ring (bicyclic) bond motifs is 1. The van der Waals surface area contributed by atoms with E-state index in [4.69, 9.17) is 4.74 Å². The second-order valence-corrected chi connectivity index (χ2v) is 6.10. The van der Waals surface area contributed by atoms with E-state index in [9.17, 15) is 0 Å². The van der Waals surface area contributed by atoms with E-state index in [0.717, 1.165) is 45.7 Å². The molecule has 3 rings (SSSR count). The number of rotatable bonds is 3. The Morgan fingerprint density at radius 1 is 1.37 bits per heavy atom. The predicted molar refractivity (Wildman–Crippen MR) is 77.2 cm³/mol. The van der Waals surface area contributed by atoms with Crippen LogP contribution in [0, 0.1) is 0 Å². The molecule has 2 N–H and O–H groups in total. The van der Waals surface area contributed by atoms with Crippen molar-refractivity contribution >= 4 is 0 Å². The van der Waals surface area contributed by atoms with E-state index in [0.29, 0.717) is 0 Å². The highest BCUT2D eigenvalue weighted by Crippen LogP contribution is 2.20. The lowest BCUT2D eigenvalue weighted by Crippen LogP contribution is -2.48. The van der Waals surface area contributed by atoms with Crippen LogP contribution in [0.4, 0.5) is 0 Å². The zero-order valence-corrected chi connectivity index (χ0v) is 11.8. The third-order valence-corrected chi connectivity index (χ3v) is 4.31. The van der Waals surface area contributed by atoms with Crippen molar-refractivity contribution in [3.05, 3.63) is 34.9 Å². The molecule has 1 aromatic rings. The number of benzene rings is 1. The van der Waals surface area contributed by atoms with Crippen molar-refractivity contribution in [2.45, 2.75) is 44.8 Å². The molecule has 0 amide bonds. The fourth-order valence-corrected chi connectivity index (χ4v) is 3.03. The maximum atomic E-state index is 5.59. The summed E-state index contributed by atoms with van der Waals surface area (Å²) in [6, 6.07) is 6.92. The van der Waals surface area contributed by atoms with Gasteiger partial charge >= 0.3 is 0 Å². The van der Waals surface area contributed by atoms with E-state index in [1.54, 1.807) is 0 Å². The van der Waals surface area contributed by atoms with Crippen LogP contribution in [0.15, 0.2) is 18.2 Å². The van der Waals surface area contributed by atoms with Gasteiger partial charge in [-0.05, 0) is 49.4 Å². The van der Waals surface area contributed by atoms with Gasteiger partial charge in [-0.15, -0.1) is 0 Å². The zero-order valence-electron chi connectivity index (χ0n) is 11.8. The highest BCUT2D eigenvalue weighted by Gasteiger charge is 2.26. The summed E-state index contributed by atoms with van der Waals surface area (Å²) in [5, 5.41) is 7.12. The lowest BCUT2D eigenvalue weighted by molar-refractivity contribution is 0.0278. The van der Waals surface area contributed by atoms with Crippen molar-refractivity contribution in [3.8, 4) is 0 Å². The number of hydrogen-bond acceptors (Lipinski definition) is 3. The first-order valence-electron chi connectivity index (χ1n) is 7.39. The van der Waals surface area contributed by atoms with Gasteiger partial charge < -0.3 is 15.4 Å². The lowest BCUT2D eigenvalue weighted by Gasteiger charge is -2.34. The van der Waals surface area contributed by atoms with Gasteiger partial charge in [0.15, 0.2) is 0 Å².